The first-order chi connectivity index (χ1) is 11.6. The summed E-state index contributed by atoms with van der Waals surface area (Å²) in [7, 11) is 0. The van der Waals surface area contributed by atoms with Gasteiger partial charge in [-0.2, -0.15) is 5.26 Å². The summed E-state index contributed by atoms with van der Waals surface area (Å²) in [5.74, 6) is 0.732. The molecule has 0 spiro atoms. The second kappa shape index (κ2) is 6.88. The molecule has 1 aliphatic rings. The molecule has 5 heteroatoms. The third-order valence-corrected chi connectivity index (χ3v) is 4.72. The van der Waals surface area contributed by atoms with E-state index < -0.39 is 0 Å². The van der Waals surface area contributed by atoms with Crippen LogP contribution in [-0.4, -0.2) is 22.6 Å². The maximum Gasteiger partial charge on any atom is 0.258 e. The monoisotopic (exact) mass is 322 g/mol. The Bertz CT molecular complexity index is 841. The van der Waals surface area contributed by atoms with Crippen LogP contribution in [0.3, 0.4) is 0 Å². The highest BCUT2D eigenvalue weighted by atomic mass is 16.1. The van der Waals surface area contributed by atoms with Gasteiger partial charge in [-0.15, -0.1) is 0 Å². The number of hydrogen-bond acceptors (Lipinski definition) is 4. The molecule has 2 heterocycles. The summed E-state index contributed by atoms with van der Waals surface area (Å²) in [6.07, 6.45) is 3.47. The molecule has 2 aromatic rings. The number of benzene rings is 1. The third kappa shape index (κ3) is 3.05. The molecule has 1 aliphatic heterocycles. The molecule has 0 bridgehead atoms. The minimum Gasteiger partial charge on any atom is -0.342 e. The summed E-state index contributed by atoms with van der Waals surface area (Å²) >= 11 is 0. The van der Waals surface area contributed by atoms with Gasteiger partial charge in [-0.05, 0) is 44.7 Å². The lowest BCUT2D eigenvalue weighted by Crippen LogP contribution is -2.37. The maximum absolute atomic E-state index is 12.9. The zero-order valence-electron chi connectivity index (χ0n) is 14.2. The maximum atomic E-state index is 12.9. The Balaban J connectivity index is 2.10. The lowest BCUT2D eigenvalue weighted by Gasteiger charge is -2.30. The Morgan fingerprint density at radius 3 is 2.58 bits per heavy atom. The second-order valence-corrected chi connectivity index (χ2v) is 6.33. The summed E-state index contributed by atoms with van der Waals surface area (Å²) in [6, 6.07) is 9.64. The third-order valence-electron chi connectivity index (χ3n) is 4.72. The fourth-order valence-electron chi connectivity index (χ4n) is 3.16. The molecule has 24 heavy (non-hydrogen) atoms. The van der Waals surface area contributed by atoms with E-state index in [1.807, 2.05) is 32.0 Å². The van der Waals surface area contributed by atoms with Crippen molar-refractivity contribution in [3.8, 4) is 6.07 Å². The second-order valence-electron chi connectivity index (χ2n) is 6.33. The predicted molar refractivity (Wildman–Crippen MR) is 94.3 cm³/mol. The molecular weight excluding hydrogens is 300 g/mol. The van der Waals surface area contributed by atoms with Gasteiger partial charge in [-0.3, -0.25) is 9.36 Å². The fraction of sp³-hybridized carbons (Fsp3) is 0.421. The number of nitrogens with zero attached hydrogens (tertiary/aromatic N) is 4. The molecule has 3 rings (SSSR count). The van der Waals surface area contributed by atoms with E-state index in [-0.39, 0.29) is 5.56 Å². The molecule has 0 unspecified atom stereocenters. The average molecular weight is 322 g/mol. The van der Waals surface area contributed by atoms with Crippen molar-refractivity contribution in [2.45, 2.75) is 39.7 Å². The molecule has 0 radical (unpaired) electrons. The number of hydrogen-bond donors (Lipinski definition) is 0. The van der Waals surface area contributed by atoms with Crippen LogP contribution in [0.5, 0.6) is 0 Å². The number of nitriles is 1. The van der Waals surface area contributed by atoms with E-state index in [0.717, 1.165) is 43.1 Å². The molecule has 5 nitrogen and oxygen atoms in total. The molecule has 0 amide bonds. The van der Waals surface area contributed by atoms with Crippen molar-refractivity contribution in [3.05, 3.63) is 57.0 Å². The highest BCUT2D eigenvalue weighted by Crippen LogP contribution is 2.20. The zero-order valence-corrected chi connectivity index (χ0v) is 14.2. The molecule has 0 atom stereocenters. The number of rotatable bonds is 3. The molecule has 0 aliphatic carbocycles. The van der Waals surface area contributed by atoms with Crippen molar-refractivity contribution in [2.24, 2.45) is 0 Å². The Morgan fingerprint density at radius 2 is 1.88 bits per heavy atom. The van der Waals surface area contributed by atoms with Crippen LogP contribution in [0.15, 0.2) is 29.1 Å². The van der Waals surface area contributed by atoms with Crippen molar-refractivity contribution >= 4 is 5.95 Å². The molecular formula is C19H22N4O. The normalized spacial score (nSPS) is 14.5. The van der Waals surface area contributed by atoms with Gasteiger partial charge < -0.3 is 4.90 Å². The Morgan fingerprint density at radius 1 is 1.17 bits per heavy atom. The van der Waals surface area contributed by atoms with Crippen LogP contribution in [0.4, 0.5) is 5.95 Å². The van der Waals surface area contributed by atoms with Gasteiger partial charge in [-0.1, -0.05) is 18.2 Å². The molecule has 0 N–H and O–H groups in total. The van der Waals surface area contributed by atoms with E-state index in [0.29, 0.717) is 17.7 Å². The zero-order chi connectivity index (χ0) is 17.1. The van der Waals surface area contributed by atoms with Crippen molar-refractivity contribution in [2.75, 3.05) is 18.0 Å². The highest BCUT2D eigenvalue weighted by molar-refractivity contribution is 5.40. The smallest absolute Gasteiger partial charge is 0.258 e. The first kappa shape index (κ1) is 16.3. The number of piperidine rings is 1. The van der Waals surface area contributed by atoms with Crippen molar-refractivity contribution in [1.82, 2.24) is 9.55 Å². The van der Waals surface area contributed by atoms with Gasteiger partial charge in [0.25, 0.3) is 5.56 Å². The highest BCUT2D eigenvalue weighted by Gasteiger charge is 2.20. The van der Waals surface area contributed by atoms with Crippen molar-refractivity contribution in [1.29, 1.82) is 5.26 Å². The van der Waals surface area contributed by atoms with Crippen LogP contribution in [0.2, 0.25) is 0 Å². The van der Waals surface area contributed by atoms with Gasteiger partial charge >= 0.3 is 0 Å². The van der Waals surface area contributed by atoms with Crippen LogP contribution in [0, 0.1) is 25.2 Å². The summed E-state index contributed by atoms with van der Waals surface area (Å²) in [4.78, 5) is 19.8. The summed E-state index contributed by atoms with van der Waals surface area (Å²) < 4.78 is 1.73. The van der Waals surface area contributed by atoms with Gasteiger partial charge in [0, 0.05) is 24.3 Å². The van der Waals surface area contributed by atoms with Gasteiger partial charge in [-0.25, -0.2) is 4.98 Å². The van der Waals surface area contributed by atoms with E-state index in [9.17, 15) is 10.1 Å². The largest absolute Gasteiger partial charge is 0.342 e. The fourth-order valence-corrected chi connectivity index (χ4v) is 3.16. The topological polar surface area (TPSA) is 61.9 Å². The molecule has 1 aromatic heterocycles. The molecule has 0 saturated carbocycles. The van der Waals surface area contributed by atoms with E-state index in [4.69, 9.17) is 4.98 Å². The average Bonchev–Trinajstić information content (AvgIpc) is 2.63. The van der Waals surface area contributed by atoms with Gasteiger partial charge in [0.15, 0.2) is 0 Å². The summed E-state index contributed by atoms with van der Waals surface area (Å²) in [5.41, 5.74) is 2.89. The van der Waals surface area contributed by atoms with E-state index >= 15 is 0 Å². The molecule has 1 fully saturated rings. The first-order valence-electron chi connectivity index (χ1n) is 8.43. The Kier molecular flexibility index (Phi) is 4.66. The standard InChI is InChI=1S/C19H22N4O/c1-14-15(2)21-19(22-10-6-3-7-11-22)23(18(14)24)13-17-9-5-4-8-16(17)12-20/h4-5,8-9H,3,6-7,10-11,13H2,1-2H3. The van der Waals surface area contributed by atoms with Crippen LogP contribution in [-0.2, 0) is 6.54 Å². The molecule has 1 saturated heterocycles. The van der Waals surface area contributed by atoms with E-state index in [1.165, 1.54) is 6.42 Å². The minimum atomic E-state index is -0.0178. The minimum absolute atomic E-state index is 0.0178. The quantitative estimate of drug-likeness (QED) is 0.872. The Hall–Kier alpha value is -2.61. The molecule has 1 aromatic carbocycles. The number of aromatic nitrogens is 2. The lowest BCUT2D eigenvalue weighted by molar-refractivity contribution is 0.549. The summed E-state index contributed by atoms with van der Waals surface area (Å²) in [6.45, 7) is 5.93. The predicted octanol–water partition coefficient (Wildman–Crippen LogP) is 2.77. The van der Waals surface area contributed by atoms with Crippen LogP contribution in [0.1, 0.15) is 41.6 Å². The van der Waals surface area contributed by atoms with Crippen LogP contribution in [0.25, 0.3) is 0 Å². The summed E-state index contributed by atoms with van der Waals surface area (Å²) in [5, 5.41) is 9.32. The molecule has 124 valence electrons. The van der Waals surface area contributed by atoms with E-state index in [1.54, 1.807) is 10.6 Å². The first-order valence-corrected chi connectivity index (χ1v) is 8.43. The SMILES string of the molecule is Cc1nc(N2CCCCC2)n(Cc2ccccc2C#N)c(=O)c1C. The van der Waals surface area contributed by atoms with Gasteiger partial charge in [0.2, 0.25) is 5.95 Å². The van der Waals surface area contributed by atoms with Crippen LogP contribution >= 0.6 is 0 Å². The Labute approximate surface area is 142 Å². The van der Waals surface area contributed by atoms with Gasteiger partial charge in [0.05, 0.1) is 18.2 Å². The van der Waals surface area contributed by atoms with E-state index in [2.05, 4.69) is 11.0 Å². The lowest BCUT2D eigenvalue weighted by atomic mass is 10.1. The number of aryl methyl sites for hydroxylation is 1. The van der Waals surface area contributed by atoms with Gasteiger partial charge in [0.1, 0.15) is 0 Å². The number of anilines is 1. The van der Waals surface area contributed by atoms with Crippen molar-refractivity contribution in [3.63, 3.8) is 0 Å². The van der Waals surface area contributed by atoms with Crippen molar-refractivity contribution < 1.29 is 0 Å². The van der Waals surface area contributed by atoms with Crippen LogP contribution < -0.4 is 10.5 Å².